The molecule has 11 heteroatoms. The number of hydrogen-bond donors (Lipinski definition) is 1. The Labute approximate surface area is 224 Å². The Kier molecular flexibility index (Phi) is 6.16. The first-order valence-electron chi connectivity index (χ1n) is 12.5. The molecule has 1 amide bonds. The molecule has 0 radical (unpaired) electrons. The van der Waals surface area contributed by atoms with Gasteiger partial charge in [-0.15, -0.1) is 5.10 Å². The molecular weight excluding hydrogens is 494 g/mol. The summed E-state index contributed by atoms with van der Waals surface area (Å²) in [7, 11) is 1.86. The molecule has 0 saturated heterocycles. The van der Waals surface area contributed by atoms with Crippen LogP contribution < -0.4 is 10.1 Å². The number of pyridine rings is 1. The van der Waals surface area contributed by atoms with Crippen molar-refractivity contribution < 1.29 is 14.1 Å². The van der Waals surface area contributed by atoms with Gasteiger partial charge in [-0.2, -0.15) is 0 Å². The van der Waals surface area contributed by atoms with Gasteiger partial charge in [0.25, 0.3) is 0 Å². The van der Waals surface area contributed by atoms with E-state index in [4.69, 9.17) is 9.72 Å². The number of anilines is 2. The summed E-state index contributed by atoms with van der Waals surface area (Å²) in [6.07, 6.45) is 4.82. The molecule has 1 N–H and O–H groups in total. The van der Waals surface area contributed by atoms with Crippen LogP contribution in [0.1, 0.15) is 5.56 Å². The van der Waals surface area contributed by atoms with Crippen LogP contribution in [0.25, 0.3) is 22.1 Å². The number of aromatic nitrogens is 6. The summed E-state index contributed by atoms with van der Waals surface area (Å²) in [5.41, 5.74) is 4.90. The second-order valence-corrected chi connectivity index (χ2v) is 9.19. The van der Waals surface area contributed by atoms with E-state index in [2.05, 4.69) is 32.2 Å². The number of amides is 1. The van der Waals surface area contributed by atoms with E-state index in [1.165, 1.54) is 12.4 Å². The molecule has 0 fully saturated rings. The van der Waals surface area contributed by atoms with Crippen LogP contribution in [0.4, 0.5) is 17.3 Å². The molecule has 0 spiro atoms. The van der Waals surface area contributed by atoms with Crippen LogP contribution >= 0.6 is 0 Å². The van der Waals surface area contributed by atoms with Crippen LogP contribution in [-0.2, 0) is 11.8 Å². The number of carbonyl (C=O) groups is 1. The lowest BCUT2D eigenvalue weighted by Crippen LogP contribution is -2.41. The predicted molar refractivity (Wildman–Crippen MR) is 148 cm³/mol. The summed E-state index contributed by atoms with van der Waals surface area (Å²) >= 11 is 0. The smallest absolute Gasteiger partial charge is 0.323 e. The first-order valence-corrected chi connectivity index (χ1v) is 12.5. The number of hydrogen-bond acceptors (Lipinski definition) is 8. The van der Waals surface area contributed by atoms with Crippen molar-refractivity contribution >= 4 is 51.5 Å². The maximum Gasteiger partial charge on any atom is 0.323 e. The van der Waals surface area contributed by atoms with Crippen LogP contribution in [0.5, 0.6) is 11.5 Å². The van der Waals surface area contributed by atoms with Crippen LogP contribution in [-0.4, -0.2) is 71.2 Å². The van der Waals surface area contributed by atoms with Gasteiger partial charge in [-0.05, 0) is 59.9 Å². The quantitative estimate of drug-likeness (QED) is 0.265. The van der Waals surface area contributed by atoms with E-state index in [1.807, 2.05) is 73.3 Å². The summed E-state index contributed by atoms with van der Waals surface area (Å²) in [5, 5.41) is 11.6. The minimum Gasteiger partial charge on any atom is -0.457 e. The van der Waals surface area contributed by atoms with E-state index in [9.17, 15) is 4.79 Å². The summed E-state index contributed by atoms with van der Waals surface area (Å²) in [4.78, 5) is 27.3. The molecule has 0 aliphatic carbocycles. The van der Waals surface area contributed by atoms with Crippen molar-refractivity contribution in [3.8, 4) is 11.5 Å². The topological polar surface area (TPSA) is 114 Å². The Bertz CT molecular complexity index is 1780. The summed E-state index contributed by atoms with van der Waals surface area (Å²) < 4.78 is 9.90. The number of benzene rings is 2. The molecule has 0 atom stereocenters. The number of rotatable bonds is 6. The van der Waals surface area contributed by atoms with Crippen molar-refractivity contribution in [3.05, 3.63) is 73.1 Å². The Morgan fingerprint density at radius 2 is 2.03 bits per heavy atom. The zero-order chi connectivity index (χ0) is 26.9. The summed E-state index contributed by atoms with van der Waals surface area (Å²) in [5.74, 6) is 2.73. The van der Waals surface area contributed by atoms with Crippen molar-refractivity contribution in [3.63, 3.8) is 0 Å². The number of aryl methyl sites for hydroxylation is 2. The van der Waals surface area contributed by atoms with E-state index >= 15 is 0 Å². The van der Waals surface area contributed by atoms with Crippen molar-refractivity contribution in [1.82, 2.24) is 34.8 Å². The third-order valence-electron chi connectivity index (χ3n) is 6.63. The second-order valence-electron chi connectivity index (χ2n) is 9.19. The molecule has 5 aromatic rings. The van der Waals surface area contributed by atoms with E-state index in [1.54, 1.807) is 9.58 Å². The molecule has 11 nitrogen and oxygen atoms in total. The first-order chi connectivity index (χ1) is 19.0. The molecule has 4 heterocycles. The molecule has 1 aliphatic rings. The zero-order valence-corrected chi connectivity index (χ0v) is 21.6. The number of ether oxygens (including phenoxy) is 1. The van der Waals surface area contributed by atoms with E-state index < -0.39 is 0 Å². The highest BCUT2D eigenvalue weighted by Crippen LogP contribution is 2.31. The van der Waals surface area contributed by atoms with Crippen molar-refractivity contribution in [2.45, 2.75) is 6.92 Å². The molecule has 0 bridgehead atoms. The van der Waals surface area contributed by atoms with Crippen LogP contribution in [0.3, 0.4) is 0 Å². The van der Waals surface area contributed by atoms with Gasteiger partial charge < -0.3 is 15.0 Å². The summed E-state index contributed by atoms with van der Waals surface area (Å²) in [6, 6.07) is 15.4. The largest absolute Gasteiger partial charge is 0.457 e. The lowest BCUT2D eigenvalue weighted by Gasteiger charge is -2.23. The molecule has 0 unspecified atom stereocenters. The third-order valence-corrected chi connectivity index (χ3v) is 6.63. The molecule has 194 valence electrons. The lowest BCUT2D eigenvalue weighted by molar-refractivity contribution is -0.446. The molecular formula is C28H26N9O2+. The van der Waals surface area contributed by atoms with Gasteiger partial charge in [0.15, 0.2) is 5.82 Å². The van der Waals surface area contributed by atoms with Gasteiger partial charge in [-0.3, -0.25) is 4.79 Å². The van der Waals surface area contributed by atoms with E-state index in [0.717, 1.165) is 39.4 Å². The SMILES string of the molecule is C=CC(=O)N1CC=[N+](c2ccc3ncnc(Nc4ccc(Oc5ccc6c(c5)nnn6C)c(C)c4)c3n2)CC1. The molecule has 1 aliphatic heterocycles. The fourth-order valence-corrected chi connectivity index (χ4v) is 4.52. The number of carbonyl (C=O) groups excluding carboxylic acids is 1. The Balaban J connectivity index is 1.23. The Hall–Kier alpha value is -5.19. The first kappa shape index (κ1) is 24.2. The van der Waals surface area contributed by atoms with E-state index in [0.29, 0.717) is 36.7 Å². The lowest BCUT2D eigenvalue weighted by atomic mass is 10.2. The highest BCUT2D eigenvalue weighted by Gasteiger charge is 2.22. The van der Waals surface area contributed by atoms with Gasteiger partial charge in [-0.25, -0.2) is 19.2 Å². The van der Waals surface area contributed by atoms with Crippen LogP contribution in [0.2, 0.25) is 0 Å². The van der Waals surface area contributed by atoms with Crippen molar-refractivity contribution in [2.24, 2.45) is 7.05 Å². The maximum absolute atomic E-state index is 11.9. The van der Waals surface area contributed by atoms with Gasteiger partial charge in [0.2, 0.25) is 11.4 Å². The Morgan fingerprint density at radius 1 is 1.13 bits per heavy atom. The monoisotopic (exact) mass is 520 g/mol. The van der Waals surface area contributed by atoms with E-state index in [-0.39, 0.29) is 5.91 Å². The number of nitrogens with one attached hydrogen (secondary N) is 1. The molecule has 6 rings (SSSR count). The summed E-state index contributed by atoms with van der Waals surface area (Å²) in [6.45, 7) is 7.29. The van der Waals surface area contributed by atoms with Crippen molar-refractivity contribution in [2.75, 3.05) is 25.0 Å². The van der Waals surface area contributed by atoms with Crippen LogP contribution in [0.15, 0.2) is 67.5 Å². The molecule has 0 saturated carbocycles. The molecule has 3 aromatic heterocycles. The third kappa shape index (κ3) is 4.77. The average molecular weight is 521 g/mol. The minimum atomic E-state index is -0.0736. The normalized spacial score (nSPS) is 13.4. The molecule has 39 heavy (non-hydrogen) atoms. The van der Waals surface area contributed by atoms with Crippen LogP contribution in [0, 0.1) is 6.92 Å². The highest BCUT2D eigenvalue weighted by atomic mass is 16.5. The van der Waals surface area contributed by atoms with Crippen molar-refractivity contribution in [1.29, 1.82) is 0 Å². The van der Waals surface area contributed by atoms with Gasteiger partial charge in [0.05, 0.1) is 24.8 Å². The van der Waals surface area contributed by atoms with Gasteiger partial charge in [-0.1, -0.05) is 11.8 Å². The standard InChI is InChI=1S/C28H26N9O2/c1-4-26(38)37-13-11-36(12-14-37)25-10-7-21-27(32-25)28(30-17-29-21)31-19-5-9-24(18(2)15-19)39-20-6-8-23-22(16-20)33-34-35(23)3/h4-11,15-17H,1,12-14H2,2-3H3,(H,29,30,31)/q+1. The number of nitrogens with zero attached hydrogens (tertiary/aromatic N) is 8. The fraction of sp³-hybridized carbons (Fsp3) is 0.179. The highest BCUT2D eigenvalue weighted by molar-refractivity contribution is 5.89. The fourth-order valence-electron chi connectivity index (χ4n) is 4.52. The zero-order valence-electron chi connectivity index (χ0n) is 21.6. The Morgan fingerprint density at radius 3 is 2.82 bits per heavy atom. The minimum absolute atomic E-state index is 0.0736. The van der Waals surface area contributed by atoms with Gasteiger partial charge in [0.1, 0.15) is 35.4 Å². The maximum atomic E-state index is 11.9. The molecule has 2 aromatic carbocycles. The second kappa shape index (κ2) is 9.93. The average Bonchev–Trinajstić information content (AvgIpc) is 3.34. The predicted octanol–water partition coefficient (Wildman–Crippen LogP) is 3.89. The van der Waals surface area contributed by atoms with Gasteiger partial charge in [0, 0.05) is 24.9 Å². The number of fused-ring (bicyclic) bond motifs is 2. The van der Waals surface area contributed by atoms with Gasteiger partial charge >= 0.3 is 5.82 Å².